The van der Waals surface area contributed by atoms with Gasteiger partial charge in [0.15, 0.2) is 0 Å². The number of amides is 1. The van der Waals surface area contributed by atoms with E-state index in [1.165, 1.54) is 0 Å². The summed E-state index contributed by atoms with van der Waals surface area (Å²) in [6.07, 6.45) is 1.32. The van der Waals surface area contributed by atoms with Crippen molar-refractivity contribution in [1.29, 1.82) is 0 Å². The standard InChI is InChI=1S/C18H21N3O2/c1-12-5-3-6-13(21-12)11-20-17(22)18(19)10-9-14-15(18)7-4-8-16(14)23-2/h3-8H,9-11,19H2,1-2H3,(H,20,22). The normalized spacial score (nSPS) is 19.3. The van der Waals surface area contributed by atoms with E-state index in [-0.39, 0.29) is 5.91 Å². The minimum atomic E-state index is -1.01. The third-order valence-electron chi connectivity index (χ3n) is 4.38. The summed E-state index contributed by atoms with van der Waals surface area (Å²) in [7, 11) is 1.63. The molecule has 0 saturated carbocycles. The van der Waals surface area contributed by atoms with Crippen molar-refractivity contribution in [3.63, 3.8) is 0 Å². The minimum Gasteiger partial charge on any atom is -0.496 e. The zero-order valence-corrected chi connectivity index (χ0v) is 13.4. The van der Waals surface area contributed by atoms with E-state index < -0.39 is 5.54 Å². The first-order chi connectivity index (χ1) is 11.0. The van der Waals surface area contributed by atoms with Crippen molar-refractivity contribution >= 4 is 5.91 Å². The van der Waals surface area contributed by atoms with Crippen molar-refractivity contribution < 1.29 is 9.53 Å². The fraction of sp³-hybridized carbons (Fsp3) is 0.333. The molecule has 1 aromatic heterocycles. The fourth-order valence-electron chi connectivity index (χ4n) is 3.15. The van der Waals surface area contributed by atoms with Gasteiger partial charge >= 0.3 is 0 Å². The van der Waals surface area contributed by atoms with Gasteiger partial charge in [-0.15, -0.1) is 0 Å². The monoisotopic (exact) mass is 311 g/mol. The van der Waals surface area contributed by atoms with E-state index >= 15 is 0 Å². The molecule has 3 N–H and O–H groups in total. The van der Waals surface area contributed by atoms with E-state index in [0.717, 1.165) is 34.7 Å². The van der Waals surface area contributed by atoms with Gasteiger partial charge in [-0.25, -0.2) is 0 Å². The summed E-state index contributed by atoms with van der Waals surface area (Å²) >= 11 is 0. The number of hydrogen-bond donors (Lipinski definition) is 2. The van der Waals surface area contributed by atoms with E-state index in [2.05, 4.69) is 10.3 Å². The lowest BCUT2D eigenvalue weighted by Crippen LogP contribution is -2.49. The molecule has 1 aliphatic carbocycles. The van der Waals surface area contributed by atoms with E-state index in [4.69, 9.17) is 10.5 Å². The number of ether oxygens (including phenoxy) is 1. The molecule has 5 nitrogen and oxygen atoms in total. The van der Waals surface area contributed by atoms with Gasteiger partial charge < -0.3 is 15.8 Å². The Morgan fingerprint density at radius 3 is 2.87 bits per heavy atom. The number of fused-ring (bicyclic) bond motifs is 1. The fourth-order valence-corrected chi connectivity index (χ4v) is 3.15. The third kappa shape index (κ3) is 2.80. The molecule has 1 heterocycles. The molecule has 0 aliphatic heterocycles. The number of carbonyl (C=O) groups excluding carboxylic acids is 1. The van der Waals surface area contributed by atoms with Gasteiger partial charge in [-0.1, -0.05) is 18.2 Å². The summed E-state index contributed by atoms with van der Waals surface area (Å²) in [6.45, 7) is 2.30. The van der Waals surface area contributed by atoms with Gasteiger partial charge in [0, 0.05) is 5.69 Å². The second kappa shape index (κ2) is 6.01. The van der Waals surface area contributed by atoms with Crippen LogP contribution in [0.15, 0.2) is 36.4 Å². The van der Waals surface area contributed by atoms with Crippen LogP contribution >= 0.6 is 0 Å². The first-order valence-corrected chi connectivity index (χ1v) is 7.70. The van der Waals surface area contributed by atoms with Crippen molar-refractivity contribution in [3.8, 4) is 5.75 Å². The molecule has 2 aromatic rings. The molecule has 0 saturated heterocycles. The van der Waals surface area contributed by atoms with Gasteiger partial charge in [0.05, 0.1) is 19.3 Å². The van der Waals surface area contributed by atoms with Gasteiger partial charge in [0.25, 0.3) is 0 Å². The van der Waals surface area contributed by atoms with Gasteiger partial charge in [0.1, 0.15) is 11.3 Å². The Morgan fingerprint density at radius 1 is 1.35 bits per heavy atom. The number of methoxy groups -OCH3 is 1. The molecule has 1 unspecified atom stereocenters. The zero-order valence-electron chi connectivity index (χ0n) is 13.4. The highest BCUT2D eigenvalue weighted by Gasteiger charge is 2.42. The predicted octanol–water partition coefficient (Wildman–Crippen LogP) is 1.82. The number of aryl methyl sites for hydroxylation is 1. The molecule has 1 aliphatic rings. The number of aromatic nitrogens is 1. The Hall–Kier alpha value is -2.40. The second-order valence-electron chi connectivity index (χ2n) is 5.91. The van der Waals surface area contributed by atoms with Crippen LogP contribution in [0.4, 0.5) is 0 Å². The first-order valence-electron chi connectivity index (χ1n) is 7.70. The molecule has 23 heavy (non-hydrogen) atoms. The maximum atomic E-state index is 12.7. The molecule has 0 radical (unpaired) electrons. The van der Waals surface area contributed by atoms with Crippen molar-refractivity contribution in [2.45, 2.75) is 31.8 Å². The molecular formula is C18H21N3O2. The van der Waals surface area contributed by atoms with Crippen molar-refractivity contribution in [3.05, 3.63) is 58.9 Å². The van der Waals surface area contributed by atoms with Crippen molar-refractivity contribution in [1.82, 2.24) is 10.3 Å². The largest absolute Gasteiger partial charge is 0.496 e. The van der Waals surface area contributed by atoms with Crippen LogP contribution < -0.4 is 15.8 Å². The zero-order chi connectivity index (χ0) is 16.4. The maximum absolute atomic E-state index is 12.7. The van der Waals surface area contributed by atoms with Gasteiger partial charge in [-0.3, -0.25) is 9.78 Å². The Balaban J connectivity index is 1.79. The lowest BCUT2D eigenvalue weighted by molar-refractivity contribution is -0.126. The highest BCUT2D eigenvalue weighted by molar-refractivity contribution is 5.89. The summed E-state index contributed by atoms with van der Waals surface area (Å²) in [6, 6.07) is 11.4. The highest BCUT2D eigenvalue weighted by Crippen LogP contribution is 2.39. The molecule has 1 atom stereocenters. The van der Waals surface area contributed by atoms with E-state index in [1.54, 1.807) is 7.11 Å². The molecule has 1 aromatic carbocycles. The van der Waals surface area contributed by atoms with E-state index in [1.807, 2.05) is 43.3 Å². The Morgan fingerprint density at radius 2 is 2.13 bits per heavy atom. The molecule has 0 fully saturated rings. The molecule has 3 rings (SSSR count). The average molecular weight is 311 g/mol. The summed E-state index contributed by atoms with van der Waals surface area (Å²) in [4.78, 5) is 17.1. The first kappa shape index (κ1) is 15.5. The van der Waals surface area contributed by atoms with Crippen molar-refractivity contribution in [2.75, 3.05) is 7.11 Å². The molecule has 0 bridgehead atoms. The van der Waals surface area contributed by atoms with Gasteiger partial charge in [-0.2, -0.15) is 0 Å². The van der Waals surface area contributed by atoms with E-state index in [9.17, 15) is 4.79 Å². The predicted molar refractivity (Wildman–Crippen MR) is 88.0 cm³/mol. The summed E-state index contributed by atoms with van der Waals surface area (Å²) in [5, 5.41) is 2.92. The number of pyridine rings is 1. The number of nitrogens with one attached hydrogen (secondary N) is 1. The average Bonchev–Trinajstić information content (AvgIpc) is 2.91. The summed E-state index contributed by atoms with van der Waals surface area (Å²) in [5.74, 6) is 0.621. The van der Waals surface area contributed by atoms with Crippen LogP contribution in [0.3, 0.4) is 0 Å². The number of nitrogens with two attached hydrogens (primary N) is 1. The van der Waals surface area contributed by atoms with Gasteiger partial charge in [0.2, 0.25) is 5.91 Å². The van der Waals surface area contributed by atoms with Crippen LogP contribution in [0.1, 0.15) is 28.9 Å². The third-order valence-corrected chi connectivity index (χ3v) is 4.38. The number of rotatable bonds is 4. The number of carbonyl (C=O) groups is 1. The SMILES string of the molecule is COc1cccc2c1CCC2(N)C(=O)NCc1cccc(C)n1. The van der Waals surface area contributed by atoms with Gasteiger partial charge in [-0.05, 0) is 49.1 Å². The van der Waals surface area contributed by atoms with Crippen LogP contribution in [0.2, 0.25) is 0 Å². The van der Waals surface area contributed by atoms with Crippen LogP contribution in [-0.4, -0.2) is 18.0 Å². The number of benzene rings is 1. The lowest BCUT2D eigenvalue weighted by atomic mass is 9.92. The second-order valence-corrected chi connectivity index (χ2v) is 5.91. The quantitative estimate of drug-likeness (QED) is 0.903. The van der Waals surface area contributed by atoms with Crippen LogP contribution in [-0.2, 0) is 23.3 Å². The van der Waals surface area contributed by atoms with Crippen LogP contribution in [0, 0.1) is 6.92 Å². The Labute approximate surface area is 135 Å². The molecule has 5 heteroatoms. The molecule has 1 amide bonds. The smallest absolute Gasteiger partial charge is 0.245 e. The maximum Gasteiger partial charge on any atom is 0.245 e. The summed E-state index contributed by atoms with van der Waals surface area (Å²) in [5.41, 5.74) is 9.07. The lowest BCUT2D eigenvalue weighted by Gasteiger charge is -2.24. The van der Waals surface area contributed by atoms with Crippen LogP contribution in [0.5, 0.6) is 5.75 Å². The van der Waals surface area contributed by atoms with E-state index in [0.29, 0.717) is 13.0 Å². The molecular weight excluding hydrogens is 290 g/mol. The number of nitrogens with zero attached hydrogens (tertiary/aromatic N) is 1. The van der Waals surface area contributed by atoms with Crippen molar-refractivity contribution in [2.24, 2.45) is 5.73 Å². The Bertz CT molecular complexity index is 745. The topological polar surface area (TPSA) is 77.2 Å². The molecule has 0 spiro atoms. The highest BCUT2D eigenvalue weighted by atomic mass is 16.5. The molecule has 120 valence electrons. The minimum absolute atomic E-state index is 0.173. The number of hydrogen-bond acceptors (Lipinski definition) is 4. The van der Waals surface area contributed by atoms with Crippen LogP contribution in [0.25, 0.3) is 0 Å². The summed E-state index contributed by atoms with van der Waals surface area (Å²) < 4.78 is 5.38. The Kier molecular flexibility index (Phi) is 4.05.